The first-order chi connectivity index (χ1) is 10.6. The quantitative estimate of drug-likeness (QED) is 0.805. The van der Waals surface area contributed by atoms with Crippen LogP contribution in [-0.4, -0.2) is 20.1 Å². The van der Waals surface area contributed by atoms with Gasteiger partial charge in [0.15, 0.2) is 11.5 Å². The first-order valence-corrected chi connectivity index (χ1v) is 6.98. The highest BCUT2D eigenvalue weighted by atomic mass is 16.5. The largest absolute Gasteiger partial charge is 0.493 e. The average molecular weight is 300 g/mol. The van der Waals surface area contributed by atoms with Crippen molar-refractivity contribution in [3.05, 3.63) is 48.0 Å². The number of anilines is 2. The number of carbonyl (C=O) groups excluding carboxylic acids is 1. The van der Waals surface area contributed by atoms with Crippen LogP contribution in [0.5, 0.6) is 11.5 Å². The zero-order chi connectivity index (χ0) is 15.9. The van der Waals surface area contributed by atoms with Gasteiger partial charge in [-0.2, -0.15) is 0 Å². The zero-order valence-corrected chi connectivity index (χ0v) is 12.8. The number of nitrogen functional groups attached to an aromatic ring is 1. The molecule has 0 aliphatic carbocycles. The third kappa shape index (κ3) is 4.15. The number of amides is 1. The number of hydrogen-bond acceptors (Lipinski definition) is 4. The summed E-state index contributed by atoms with van der Waals surface area (Å²) < 4.78 is 10.4. The Labute approximate surface area is 130 Å². The van der Waals surface area contributed by atoms with Gasteiger partial charge >= 0.3 is 0 Å². The van der Waals surface area contributed by atoms with E-state index < -0.39 is 0 Å². The van der Waals surface area contributed by atoms with Crippen molar-refractivity contribution in [2.45, 2.75) is 12.8 Å². The van der Waals surface area contributed by atoms with E-state index in [-0.39, 0.29) is 5.91 Å². The van der Waals surface area contributed by atoms with E-state index in [2.05, 4.69) is 5.32 Å². The first kappa shape index (κ1) is 15.7. The Hall–Kier alpha value is -2.69. The zero-order valence-electron chi connectivity index (χ0n) is 12.8. The SMILES string of the molecule is COc1ccc(NC(=O)CCc2cccc(N)c2)cc1OC. The number of methoxy groups -OCH3 is 2. The molecule has 0 aromatic heterocycles. The van der Waals surface area contributed by atoms with Crippen molar-refractivity contribution in [1.29, 1.82) is 0 Å². The summed E-state index contributed by atoms with van der Waals surface area (Å²) in [5.74, 6) is 1.14. The van der Waals surface area contributed by atoms with Gasteiger partial charge in [0, 0.05) is 23.9 Å². The number of nitrogens with two attached hydrogens (primary N) is 1. The number of rotatable bonds is 6. The number of nitrogens with one attached hydrogen (secondary N) is 1. The fraction of sp³-hybridized carbons (Fsp3) is 0.235. The van der Waals surface area contributed by atoms with Crippen LogP contribution in [0.15, 0.2) is 42.5 Å². The Morgan fingerprint density at radius 3 is 2.55 bits per heavy atom. The average Bonchev–Trinajstić information content (AvgIpc) is 2.53. The van der Waals surface area contributed by atoms with Gasteiger partial charge in [-0.15, -0.1) is 0 Å². The maximum absolute atomic E-state index is 12.0. The maximum Gasteiger partial charge on any atom is 0.224 e. The monoisotopic (exact) mass is 300 g/mol. The predicted octanol–water partition coefficient (Wildman–Crippen LogP) is 2.86. The van der Waals surface area contributed by atoms with Crippen LogP contribution in [0.3, 0.4) is 0 Å². The van der Waals surface area contributed by atoms with Crippen LogP contribution in [0.1, 0.15) is 12.0 Å². The van der Waals surface area contributed by atoms with Crippen LogP contribution in [0.2, 0.25) is 0 Å². The summed E-state index contributed by atoms with van der Waals surface area (Å²) >= 11 is 0. The normalized spacial score (nSPS) is 10.1. The van der Waals surface area contributed by atoms with Gasteiger partial charge in [0.1, 0.15) is 0 Å². The van der Waals surface area contributed by atoms with Crippen molar-refractivity contribution in [2.24, 2.45) is 0 Å². The standard InChI is InChI=1S/C17H20N2O3/c1-21-15-8-7-14(11-16(15)22-2)19-17(20)9-6-12-4-3-5-13(18)10-12/h3-5,7-8,10-11H,6,9,18H2,1-2H3,(H,19,20). The van der Waals surface area contributed by atoms with Crippen LogP contribution in [0.4, 0.5) is 11.4 Å². The Balaban J connectivity index is 1.94. The van der Waals surface area contributed by atoms with Gasteiger partial charge in [-0.25, -0.2) is 0 Å². The molecule has 0 radical (unpaired) electrons. The number of ether oxygens (including phenoxy) is 2. The van der Waals surface area contributed by atoms with Gasteiger partial charge in [0.05, 0.1) is 14.2 Å². The highest BCUT2D eigenvalue weighted by molar-refractivity contribution is 5.91. The van der Waals surface area contributed by atoms with Crippen molar-refractivity contribution in [1.82, 2.24) is 0 Å². The summed E-state index contributed by atoms with van der Waals surface area (Å²) in [5, 5.41) is 2.85. The van der Waals surface area contributed by atoms with Crippen molar-refractivity contribution < 1.29 is 14.3 Å². The fourth-order valence-corrected chi connectivity index (χ4v) is 2.14. The van der Waals surface area contributed by atoms with E-state index in [0.29, 0.717) is 35.7 Å². The summed E-state index contributed by atoms with van der Waals surface area (Å²) in [6.45, 7) is 0. The van der Waals surface area contributed by atoms with Gasteiger partial charge in [-0.1, -0.05) is 12.1 Å². The van der Waals surface area contributed by atoms with E-state index in [1.165, 1.54) is 0 Å². The summed E-state index contributed by atoms with van der Waals surface area (Å²) in [7, 11) is 3.13. The Morgan fingerprint density at radius 1 is 1.09 bits per heavy atom. The number of aryl methyl sites for hydroxylation is 1. The molecule has 3 N–H and O–H groups in total. The predicted molar refractivity (Wildman–Crippen MR) is 87.4 cm³/mol. The molecule has 0 aliphatic rings. The van der Waals surface area contributed by atoms with Gasteiger partial charge in [0.25, 0.3) is 0 Å². The molecular formula is C17H20N2O3. The topological polar surface area (TPSA) is 73.6 Å². The molecule has 5 heteroatoms. The van der Waals surface area contributed by atoms with Crippen molar-refractivity contribution >= 4 is 17.3 Å². The van der Waals surface area contributed by atoms with Gasteiger partial charge in [-0.05, 0) is 36.2 Å². The molecule has 116 valence electrons. The summed E-state index contributed by atoms with van der Waals surface area (Å²) in [6, 6.07) is 12.8. The van der Waals surface area contributed by atoms with Crippen LogP contribution >= 0.6 is 0 Å². The first-order valence-electron chi connectivity index (χ1n) is 6.98. The number of hydrogen-bond donors (Lipinski definition) is 2. The lowest BCUT2D eigenvalue weighted by atomic mass is 10.1. The van der Waals surface area contributed by atoms with E-state index in [1.807, 2.05) is 24.3 Å². The van der Waals surface area contributed by atoms with Crippen LogP contribution in [-0.2, 0) is 11.2 Å². The second-order valence-corrected chi connectivity index (χ2v) is 4.86. The highest BCUT2D eigenvalue weighted by Crippen LogP contribution is 2.29. The molecule has 1 amide bonds. The minimum atomic E-state index is -0.0605. The van der Waals surface area contributed by atoms with Crippen molar-refractivity contribution in [2.75, 3.05) is 25.3 Å². The number of benzene rings is 2. The Kier molecular flexibility index (Phi) is 5.25. The third-order valence-corrected chi connectivity index (χ3v) is 3.26. The summed E-state index contributed by atoms with van der Waals surface area (Å²) in [6.07, 6.45) is 1.03. The molecule has 2 rings (SSSR count). The van der Waals surface area contributed by atoms with E-state index in [9.17, 15) is 4.79 Å². The Bertz CT molecular complexity index is 656. The molecule has 22 heavy (non-hydrogen) atoms. The summed E-state index contributed by atoms with van der Waals surface area (Å²) in [4.78, 5) is 12.0. The molecule has 0 heterocycles. The minimum Gasteiger partial charge on any atom is -0.493 e. The van der Waals surface area contributed by atoms with Crippen LogP contribution in [0, 0.1) is 0 Å². The van der Waals surface area contributed by atoms with Crippen molar-refractivity contribution in [3.63, 3.8) is 0 Å². The lowest BCUT2D eigenvalue weighted by molar-refractivity contribution is -0.116. The molecule has 0 atom stereocenters. The second kappa shape index (κ2) is 7.36. The van der Waals surface area contributed by atoms with E-state index in [1.54, 1.807) is 32.4 Å². The lowest BCUT2D eigenvalue weighted by Gasteiger charge is -2.10. The Morgan fingerprint density at radius 2 is 1.86 bits per heavy atom. The summed E-state index contributed by atoms with van der Waals surface area (Å²) in [5.41, 5.74) is 8.15. The van der Waals surface area contributed by atoms with Gasteiger partial charge in [-0.3, -0.25) is 4.79 Å². The molecule has 0 saturated carbocycles. The van der Waals surface area contributed by atoms with E-state index >= 15 is 0 Å². The van der Waals surface area contributed by atoms with Crippen LogP contribution < -0.4 is 20.5 Å². The van der Waals surface area contributed by atoms with Gasteiger partial charge < -0.3 is 20.5 Å². The van der Waals surface area contributed by atoms with Gasteiger partial charge in [0.2, 0.25) is 5.91 Å². The van der Waals surface area contributed by atoms with E-state index in [4.69, 9.17) is 15.2 Å². The molecule has 2 aromatic carbocycles. The third-order valence-electron chi connectivity index (χ3n) is 3.26. The highest BCUT2D eigenvalue weighted by Gasteiger charge is 2.07. The smallest absolute Gasteiger partial charge is 0.224 e. The lowest BCUT2D eigenvalue weighted by Crippen LogP contribution is -2.12. The molecule has 0 saturated heterocycles. The second-order valence-electron chi connectivity index (χ2n) is 4.86. The molecule has 0 fully saturated rings. The van der Waals surface area contributed by atoms with Crippen molar-refractivity contribution in [3.8, 4) is 11.5 Å². The number of carbonyl (C=O) groups is 1. The molecule has 0 bridgehead atoms. The maximum atomic E-state index is 12.0. The minimum absolute atomic E-state index is 0.0605. The molecular weight excluding hydrogens is 280 g/mol. The fourth-order valence-electron chi connectivity index (χ4n) is 2.14. The molecule has 2 aromatic rings. The van der Waals surface area contributed by atoms with Crippen LogP contribution in [0.25, 0.3) is 0 Å². The molecule has 5 nitrogen and oxygen atoms in total. The molecule has 0 spiro atoms. The van der Waals surface area contributed by atoms with E-state index in [0.717, 1.165) is 5.56 Å². The molecule has 0 aliphatic heterocycles. The molecule has 0 unspecified atom stereocenters.